The standard InChI is InChI=1S/C13H16BrNO3/c14-9-4-5-11(10(6-9)13(17)18)15-7-8-2-1-3-12(8)16/h4-6,8,12,15-16H,1-3,7H2,(H,17,18). The third kappa shape index (κ3) is 3.03. The molecule has 2 rings (SSSR count). The molecule has 0 aliphatic heterocycles. The van der Waals surface area contributed by atoms with Crippen LogP contribution in [0.15, 0.2) is 22.7 Å². The summed E-state index contributed by atoms with van der Waals surface area (Å²) in [5, 5.41) is 22.0. The van der Waals surface area contributed by atoms with Crippen LogP contribution in [0.25, 0.3) is 0 Å². The quantitative estimate of drug-likeness (QED) is 0.799. The van der Waals surface area contributed by atoms with Crippen LogP contribution in [0.3, 0.4) is 0 Å². The van der Waals surface area contributed by atoms with Crippen molar-refractivity contribution in [3.8, 4) is 0 Å². The second-order valence-electron chi connectivity index (χ2n) is 4.63. The molecule has 0 heterocycles. The van der Waals surface area contributed by atoms with Crippen LogP contribution in [0, 0.1) is 5.92 Å². The molecule has 3 N–H and O–H groups in total. The molecule has 1 aliphatic carbocycles. The molecule has 98 valence electrons. The van der Waals surface area contributed by atoms with Crippen molar-refractivity contribution in [2.75, 3.05) is 11.9 Å². The number of carboxylic acids is 1. The molecule has 1 aromatic rings. The molecule has 1 fully saturated rings. The summed E-state index contributed by atoms with van der Waals surface area (Å²) in [7, 11) is 0. The van der Waals surface area contributed by atoms with Gasteiger partial charge in [-0.3, -0.25) is 0 Å². The van der Waals surface area contributed by atoms with Crippen LogP contribution in [0.2, 0.25) is 0 Å². The zero-order valence-electron chi connectivity index (χ0n) is 9.90. The average molecular weight is 314 g/mol. The molecular weight excluding hydrogens is 298 g/mol. The van der Waals surface area contributed by atoms with Gasteiger partial charge in [-0.1, -0.05) is 22.4 Å². The number of aromatic carboxylic acids is 1. The second-order valence-corrected chi connectivity index (χ2v) is 5.55. The molecule has 1 aliphatic rings. The lowest BCUT2D eigenvalue weighted by atomic mass is 10.1. The summed E-state index contributed by atoms with van der Waals surface area (Å²) in [5.74, 6) is -0.735. The van der Waals surface area contributed by atoms with Gasteiger partial charge in [0.05, 0.1) is 11.7 Å². The summed E-state index contributed by atoms with van der Waals surface area (Å²) in [4.78, 5) is 11.1. The number of halogens is 1. The van der Waals surface area contributed by atoms with E-state index in [0.29, 0.717) is 12.2 Å². The summed E-state index contributed by atoms with van der Waals surface area (Å²) in [6.07, 6.45) is 2.62. The number of carbonyl (C=O) groups is 1. The highest BCUT2D eigenvalue weighted by molar-refractivity contribution is 9.10. The van der Waals surface area contributed by atoms with E-state index in [0.717, 1.165) is 23.7 Å². The Morgan fingerprint density at radius 2 is 2.22 bits per heavy atom. The number of benzene rings is 1. The molecule has 0 spiro atoms. The van der Waals surface area contributed by atoms with E-state index in [9.17, 15) is 9.90 Å². The fourth-order valence-electron chi connectivity index (χ4n) is 2.34. The molecule has 2 unspecified atom stereocenters. The lowest BCUT2D eigenvalue weighted by molar-refractivity contribution is 0.0698. The molecule has 0 aromatic heterocycles. The molecule has 18 heavy (non-hydrogen) atoms. The third-order valence-electron chi connectivity index (χ3n) is 3.39. The van der Waals surface area contributed by atoms with Crippen LogP contribution in [-0.4, -0.2) is 28.8 Å². The molecule has 4 nitrogen and oxygen atoms in total. The Kier molecular flexibility index (Phi) is 4.24. The van der Waals surface area contributed by atoms with Crippen molar-refractivity contribution in [3.63, 3.8) is 0 Å². The maximum atomic E-state index is 11.1. The van der Waals surface area contributed by atoms with Crippen LogP contribution in [0.1, 0.15) is 29.6 Å². The van der Waals surface area contributed by atoms with Crippen LogP contribution in [-0.2, 0) is 0 Å². The molecule has 5 heteroatoms. The second kappa shape index (κ2) is 5.71. The fraction of sp³-hybridized carbons (Fsp3) is 0.462. The van der Waals surface area contributed by atoms with Gasteiger partial charge in [0.15, 0.2) is 0 Å². The van der Waals surface area contributed by atoms with Crippen LogP contribution >= 0.6 is 15.9 Å². The van der Waals surface area contributed by atoms with Crippen molar-refractivity contribution in [1.29, 1.82) is 0 Å². The summed E-state index contributed by atoms with van der Waals surface area (Å²) in [6.45, 7) is 0.614. The van der Waals surface area contributed by atoms with Gasteiger partial charge in [-0.25, -0.2) is 4.79 Å². The minimum absolute atomic E-state index is 0.218. The first-order valence-corrected chi connectivity index (χ1v) is 6.82. The Morgan fingerprint density at radius 1 is 1.44 bits per heavy atom. The summed E-state index contributed by atoms with van der Waals surface area (Å²) < 4.78 is 0.742. The highest BCUT2D eigenvalue weighted by atomic mass is 79.9. The van der Waals surface area contributed by atoms with Crippen molar-refractivity contribution in [2.45, 2.75) is 25.4 Å². The molecule has 1 aromatic carbocycles. The lowest BCUT2D eigenvalue weighted by Gasteiger charge is -2.17. The van der Waals surface area contributed by atoms with Gasteiger partial charge < -0.3 is 15.5 Å². The molecule has 0 amide bonds. The predicted molar refractivity (Wildman–Crippen MR) is 72.9 cm³/mol. The van der Waals surface area contributed by atoms with Gasteiger partial charge in [0, 0.05) is 22.6 Å². The minimum atomic E-state index is -0.953. The molecule has 1 saturated carbocycles. The number of carboxylic acid groups (broad SMARTS) is 1. The van der Waals surface area contributed by atoms with Gasteiger partial charge in [-0.05, 0) is 31.0 Å². The smallest absolute Gasteiger partial charge is 0.337 e. The molecule has 0 radical (unpaired) electrons. The Labute approximate surface area is 114 Å². The van der Waals surface area contributed by atoms with Crippen molar-refractivity contribution < 1.29 is 15.0 Å². The lowest BCUT2D eigenvalue weighted by Crippen LogP contribution is -2.22. The van der Waals surface area contributed by atoms with Gasteiger partial charge in [0.1, 0.15) is 0 Å². The minimum Gasteiger partial charge on any atom is -0.478 e. The first-order chi connectivity index (χ1) is 8.58. The monoisotopic (exact) mass is 313 g/mol. The van der Waals surface area contributed by atoms with Crippen molar-refractivity contribution in [1.82, 2.24) is 0 Å². The van der Waals surface area contributed by atoms with E-state index < -0.39 is 5.97 Å². The van der Waals surface area contributed by atoms with Gasteiger partial charge in [-0.2, -0.15) is 0 Å². The molecule has 2 atom stereocenters. The van der Waals surface area contributed by atoms with E-state index in [1.54, 1.807) is 18.2 Å². The van der Waals surface area contributed by atoms with Gasteiger partial charge in [-0.15, -0.1) is 0 Å². The van der Waals surface area contributed by atoms with E-state index >= 15 is 0 Å². The van der Waals surface area contributed by atoms with Crippen LogP contribution in [0.5, 0.6) is 0 Å². The van der Waals surface area contributed by atoms with E-state index in [-0.39, 0.29) is 17.6 Å². The van der Waals surface area contributed by atoms with Gasteiger partial charge >= 0.3 is 5.97 Å². The first kappa shape index (κ1) is 13.4. The van der Waals surface area contributed by atoms with Crippen molar-refractivity contribution in [3.05, 3.63) is 28.2 Å². The number of aliphatic hydroxyl groups is 1. The Hall–Kier alpha value is -1.07. The Morgan fingerprint density at radius 3 is 2.83 bits per heavy atom. The Bertz CT molecular complexity index is 450. The maximum absolute atomic E-state index is 11.1. The fourth-order valence-corrected chi connectivity index (χ4v) is 2.71. The predicted octanol–water partition coefficient (Wildman–Crippen LogP) is 2.72. The van der Waals surface area contributed by atoms with Gasteiger partial charge in [0.25, 0.3) is 0 Å². The summed E-state index contributed by atoms with van der Waals surface area (Å²) in [6, 6.07) is 5.13. The Balaban J connectivity index is 2.06. The highest BCUT2D eigenvalue weighted by Gasteiger charge is 2.25. The average Bonchev–Trinajstić information content (AvgIpc) is 2.73. The van der Waals surface area contributed by atoms with E-state index in [2.05, 4.69) is 21.2 Å². The normalized spacial score (nSPS) is 23.0. The van der Waals surface area contributed by atoms with Gasteiger partial charge in [0.2, 0.25) is 0 Å². The summed E-state index contributed by atoms with van der Waals surface area (Å²) >= 11 is 3.26. The summed E-state index contributed by atoms with van der Waals surface area (Å²) in [5.41, 5.74) is 0.849. The van der Waals surface area contributed by atoms with Crippen LogP contribution < -0.4 is 5.32 Å². The van der Waals surface area contributed by atoms with E-state index in [1.165, 1.54) is 0 Å². The topological polar surface area (TPSA) is 69.6 Å². The zero-order chi connectivity index (χ0) is 13.1. The maximum Gasteiger partial charge on any atom is 0.337 e. The van der Waals surface area contributed by atoms with Crippen molar-refractivity contribution in [2.24, 2.45) is 5.92 Å². The van der Waals surface area contributed by atoms with Crippen molar-refractivity contribution >= 4 is 27.6 Å². The first-order valence-electron chi connectivity index (χ1n) is 6.02. The van der Waals surface area contributed by atoms with Crippen LogP contribution in [0.4, 0.5) is 5.69 Å². The number of hydrogen-bond donors (Lipinski definition) is 3. The molecule has 0 bridgehead atoms. The molecule has 0 saturated heterocycles. The molecular formula is C13H16BrNO3. The van der Waals surface area contributed by atoms with E-state index in [1.807, 2.05) is 0 Å². The number of aliphatic hydroxyl groups excluding tert-OH is 1. The number of nitrogens with one attached hydrogen (secondary N) is 1. The zero-order valence-corrected chi connectivity index (χ0v) is 11.5. The highest BCUT2D eigenvalue weighted by Crippen LogP contribution is 2.27. The number of hydrogen-bond acceptors (Lipinski definition) is 3. The number of anilines is 1. The third-order valence-corrected chi connectivity index (χ3v) is 3.88. The van der Waals surface area contributed by atoms with E-state index in [4.69, 9.17) is 5.11 Å². The number of rotatable bonds is 4. The largest absolute Gasteiger partial charge is 0.478 e. The SMILES string of the molecule is O=C(O)c1cc(Br)ccc1NCC1CCCC1O.